The highest BCUT2D eigenvalue weighted by atomic mass is 19.1. The molecule has 9 heteroatoms. The summed E-state index contributed by atoms with van der Waals surface area (Å²) in [4.78, 5) is 31.8. The Bertz CT molecular complexity index is 1330. The zero-order valence-corrected chi connectivity index (χ0v) is 17.3. The Morgan fingerprint density at radius 1 is 1.28 bits per heavy atom. The van der Waals surface area contributed by atoms with Gasteiger partial charge in [0, 0.05) is 23.1 Å². The third-order valence-corrected chi connectivity index (χ3v) is 4.95. The molecule has 0 bridgehead atoms. The van der Waals surface area contributed by atoms with Crippen molar-refractivity contribution in [1.82, 2.24) is 15.3 Å². The summed E-state index contributed by atoms with van der Waals surface area (Å²) in [5.74, 6) is -0.643. The number of amides is 1. The third-order valence-electron chi connectivity index (χ3n) is 4.95. The quantitative estimate of drug-likeness (QED) is 0.407. The van der Waals surface area contributed by atoms with Crippen LogP contribution in [0.5, 0.6) is 5.75 Å². The number of para-hydroxylation sites is 1. The van der Waals surface area contributed by atoms with E-state index in [2.05, 4.69) is 15.3 Å². The molecule has 0 saturated heterocycles. The molecule has 0 radical (unpaired) electrons. The minimum atomic E-state index is -0.644. The molecule has 8 nitrogen and oxygen atoms in total. The van der Waals surface area contributed by atoms with Crippen LogP contribution in [0.15, 0.2) is 58.3 Å². The first-order valence-electron chi connectivity index (χ1n) is 10.0. The standard InChI is InChI=1S/C23H21FN4O4/c1-2-8-26-22(29)19-20(25)16-5-3-4-15(21(16)28-23(19)30)17-9-14(6-7-18(17)24)32-11-13-10-31-12-27-13/h3-7,9-10,12H,2,8,11H2,1H3,(H,26,29)(H3,25,28,30). The summed E-state index contributed by atoms with van der Waals surface area (Å²) in [7, 11) is 0. The molecule has 1 amide bonds. The Morgan fingerprint density at radius 2 is 2.12 bits per heavy atom. The number of carbonyl (C=O) groups is 1. The van der Waals surface area contributed by atoms with Crippen molar-refractivity contribution >= 4 is 22.5 Å². The normalized spacial score (nSPS) is 10.9. The lowest BCUT2D eigenvalue weighted by atomic mass is 9.99. The zero-order chi connectivity index (χ0) is 22.7. The van der Waals surface area contributed by atoms with Crippen molar-refractivity contribution < 1.29 is 18.3 Å². The van der Waals surface area contributed by atoms with Gasteiger partial charge in [0.25, 0.3) is 11.5 Å². The molecule has 32 heavy (non-hydrogen) atoms. The first kappa shape index (κ1) is 21.1. The summed E-state index contributed by atoms with van der Waals surface area (Å²) in [6, 6.07) is 9.32. The number of ether oxygens (including phenoxy) is 1. The Balaban J connectivity index is 1.77. The Labute approximate surface area is 182 Å². The number of hydrogen-bond donors (Lipinski definition) is 3. The topological polar surface area (TPSA) is 123 Å². The molecular formula is C23H21FN4O4. The number of H-pyrrole nitrogens is 1. The van der Waals surface area contributed by atoms with Gasteiger partial charge in [0.1, 0.15) is 35.7 Å². The van der Waals surface area contributed by atoms with Gasteiger partial charge in [0.2, 0.25) is 0 Å². The fourth-order valence-electron chi connectivity index (χ4n) is 3.39. The largest absolute Gasteiger partial charge is 0.487 e. The molecule has 0 fully saturated rings. The number of oxazole rings is 1. The number of nitrogens with one attached hydrogen (secondary N) is 2. The van der Waals surface area contributed by atoms with Crippen LogP contribution in [0.4, 0.5) is 10.1 Å². The van der Waals surface area contributed by atoms with Crippen LogP contribution in [0, 0.1) is 5.82 Å². The van der Waals surface area contributed by atoms with Crippen molar-refractivity contribution in [1.29, 1.82) is 0 Å². The van der Waals surface area contributed by atoms with Gasteiger partial charge in [0.05, 0.1) is 11.2 Å². The maximum atomic E-state index is 14.8. The summed E-state index contributed by atoms with van der Waals surface area (Å²) in [6.07, 6.45) is 3.47. The molecule has 4 aromatic rings. The van der Waals surface area contributed by atoms with Crippen LogP contribution in [-0.4, -0.2) is 22.4 Å². The van der Waals surface area contributed by atoms with E-state index < -0.39 is 17.3 Å². The predicted octanol–water partition coefficient (Wildman–Crippen LogP) is 3.62. The van der Waals surface area contributed by atoms with Gasteiger partial charge >= 0.3 is 0 Å². The van der Waals surface area contributed by atoms with Crippen LogP contribution >= 0.6 is 0 Å². The number of aromatic nitrogens is 2. The number of nitrogens with two attached hydrogens (primary N) is 1. The second-order valence-corrected chi connectivity index (χ2v) is 7.14. The number of hydrogen-bond acceptors (Lipinski definition) is 6. The summed E-state index contributed by atoms with van der Waals surface area (Å²) in [5, 5.41) is 3.10. The van der Waals surface area contributed by atoms with E-state index in [1.807, 2.05) is 6.92 Å². The van der Waals surface area contributed by atoms with Crippen LogP contribution in [0.1, 0.15) is 29.4 Å². The lowest BCUT2D eigenvalue weighted by Gasteiger charge is -2.13. The van der Waals surface area contributed by atoms with Gasteiger partial charge in [-0.1, -0.05) is 25.1 Å². The average molecular weight is 436 g/mol. The van der Waals surface area contributed by atoms with E-state index >= 15 is 0 Å². The molecular weight excluding hydrogens is 415 g/mol. The number of rotatable bonds is 7. The molecule has 0 aliphatic heterocycles. The zero-order valence-electron chi connectivity index (χ0n) is 17.3. The number of benzene rings is 2. The highest BCUT2D eigenvalue weighted by Gasteiger charge is 2.20. The van der Waals surface area contributed by atoms with E-state index in [-0.39, 0.29) is 23.4 Å². The van der Waals surface area contributed by atoms with Crippen LogP contribution in [0.25, 0.3) is 22.0 Å². The van der Waals surface area contributed by atoms with Crippen molar-refractivity contribution in [2.24, 2.45) is 0 Å². The van der Waals surface area contributed by atoms with E-state index in [9.17, 15) is 14.0 Å². The van der Waals surface area contributed by atoms with Crippen molar-refractivity contribution in [3.8, 4) is 16.9 Å². The number of nitrogen functional groups attached to an aromatic ring is 1. The van der Waals surface area contributed by atoms with Crippen molar-refractivity contribution in [3.05, 3.63) is 76.5 Å². The van der Waals surface area contributed by atoms with Crippen LogP contribution in [0.2, 0.25) is 0 Å². The number of aromatic amines is 1. The first-order valence-corrected chi connectivity index (χ1v) is 10.0. The lowest BCUT2D eigenvalue weighted by Crippen LogP contribution is -2.31. The van der Waals surface area contributed by atoms with Gasteiger partial charge < -0.3 is 25.2 Å². The number of pyridine rings is 1. The number of nitrogens with zero attached hydrogens (tertiary/aromatic N) is 1. The molecule has 164 valence electrons. The van der Waals surface area contributed by atoms with Gasteiger partial charge in [0.15, 0.2) is 6.39 Å². The summed E-state index contributed by atoms with van der Waals surface area (Å²) < 4.78 is 25.4. The molecule has 4 rings (SSSR count). The fraction of sp³-hybridized carbons (Fsp3) is 0.174. The van der Waals surface area contributed by atoms with E-state index in [1.54, 1.807) is 18.2 Å². The highest BCUT2D eigenvalue weighted by Crippen LogP contribution is 2.34. The summed E-state index contributed by atoms with van der Waals surface area (Å²) in [5.41, 5.74) is 6.98. The smallest absolute Gasteiger partial charge is 0.263 e. The Hall–Kier alpha value is -4.14. The maximum Gasteiger partial charge on any atom is 0.263 e. The average Bonchev–Trinajstić information content (AvgIpc) is 3.31. The van der Waals surface area contributed by atoms with Crippen LogP contribution in [-0.2, 0) is 6.61 Å². The second-order valence-electron chi connectivity index (χ2n) is 7.14. The number of halogens is 1. The molecule has 2 aromatic carbocycles. The molecule has 2 aromatic heterocycles. The minimum Gasteiger partial charge on any atom is -0.487 e. The SMILES string of the molecule is CCCNC(=O)c1c(N)c2cccc(-c3cc(OCc4cocn4)ccc3F)c2[nH]c1=O. The molecule has 0 aliphatic carbocycles. The molecule has 4 N–H and O–H groups in total. The molecule has 0 atom stereocenters. The molecule has 2 heterocycles. The van der Waals surface area contributed by atoms with Gasteiger partial charge in [-0.3, -0.25) is 9.59 Å². The van der Waals surface area contributed by atoms with E-state index in [4.69, 9.17) is 14.9 Å². The van der Waals surface area contributed by atoms with Gasteiger partial charge in [-0.2, -0.15) is 0 Å². The lowest BCUT2D eigenvalue weighted by molar-refractivity contribution is 0.0953. The Kier molecular flexibility index (Phi) is 5.89. The van der Waals surface area contributed by atoms with E-state index in [0.29, 0.717) is 34.5 Å². The third kappa shape index (κ3) is 4.04. The van der Waals surface area contributed by atoms with Crippen LogP contribution in [0.3, 0.4) is 0 Å². The fourth-order valence-corrected chi connectivity index (χ4v) is 3.39. The molecule has 0 spiro atoms. The minimum absolute atomic E-state index is 0.0399. The van der Waals surface area contributed by atoms with Crippen molar-refractivity contribution in [2.75, 3.05) is 12.3 Å². The van der Waals surface area contributed by atoms with E-state index in [0.717, 1.165) is 6.42 Å². The summed E-state index contributed by atoms with van der Waals surface area (Å²) >= 11 is 0. The van der Waals surface area contributed by atoms with Crippen molar-refractivity contribution in [2.45, 2.75) is 20.0 Å². The number of anilines is 1. The first-order chi connectivity index (χ1) is 15.5. The maximum absolute atomic E-state index is 14.8. The van der Waals surface area contributed by atoms with E-state index in [1.165, 1.54) is 30.9 Å². The van der Waals surface area contributed by atoms with Gasteiger partial charge in [-0.25, -0.2) is 9.37 Å². The predicted molar refractivity (Wildman–Crippen MR) is 118 cm³/mol. The highest BCUT2D eigenvalue weighted by molar-refractivity contribution is 6.08. The molecule has 0 unspecified atom stereocenters. The number of carbonyl (C=O) groups excluding carboxylic acids is 1. The van der Waals surface area contributed by atoms with Gasteiger partial charge in [-0.05, 0) is 24.6 Å². The van der Waals surface area contributed by atoms with Gasteiger partial charge in [-0.15, -0.1) is 0 Å². The van der Waals surface area contributed by atoms with Crippen molar-refractivity contribution in [3.63, 3.8) is 0 Å². The van der Waals surface area contributed by atoms with Crippen LogP contribution < -0.4 is 21.3 Å². The number of fused-ring (bicyclic) bond motifs is 1. The Morgan fingerprint density at radius 3 is 2.88 bits per heavy atom. The molecule has 0 saturated carbocycles. The summed E-state index contributed by atoms with van der Waals surface area (Å²) in [6.45, 7) is 2.47. The second kappa shape index (κ2) is 8.93. The molecule has 0 aliphatic rings. The monoisotopic (exact) mass is 436 g/mol.